The Bertz CT molecular complexity index is 198. The van der Waals surface area contributed by atoms with E-state index in [0.717, 1.165) is 6.54 Å². The number of hydrogen-bond acceptors (Lipinski definition) is 1. The molecule has 0 saturated heterocycles. The molecule has 0 fully saturated rings. The first-order chi connectivity index (χ1) is 5.73. The van der Waals surface area contributed by atoms with Crippen LogP contribution >= 0.6 is 0 Å². The Kier molecular flexibility index (Phi) is 2.48. The van der Waals surface area contributed by atoms with Gasteiger partial charge in [-0.2, -0.15) is 0 Å². The van der Waals surface area contributed by atoms with Crippen LogP contribution in [-0.2, 0) is 0 Å². The van der Waals surface area contributed by atoms with E-state index in [1.807, 2.05) is 0 Å². The first-order valence-corrected chi connectivity index (χ1v) is 5.21. The van der Waals surface area contributed by atoms with E-state index in [0.29, 0.717) is 5.41 Å². The standard InChI is InChI=1S/C12H23N/c1-11(2,3)9-7-8-13-10(9)12(4,5)6/h13H,7-8H2,1-6H3. The molecule has 1 heteroatoms. The van der Waals surface area contributed by atoms with Crippen LogP contribution < -0.4 is 5.32 Å². The summed E-state index contributed by atoms with van der Waals surface area (Å²) in [6.07, 6.45) is 1.22. The molecule has 0 radical (unpaired) electrons. The van der Waals surface area contributed by atoms with Gasteiger partial charge in [-0.05, 0) is 17.4 Å². The van der Waals surface area contributed by atoms with Crippen molar-refractivity contribution in [3.8, 4) is 0 Å². The third-order valence-corrected chi connectivity index (χ3v) is 2.63. The first-order valence-electron chi connectivity index (χ1n) is 5.21. The maximum atomic E-state index is 3.53. The van der Waals surface area contributed by atoms with Gasteiger partial charge < -0.3 is 5.32 Å². The predicted octanol–water partition coefficient (Wildman–Crippen LogP) is 3.33. The van der Waals surface area contributed by atoms with E-state index in [4.69, 9.17) is 0 Å². The van der Waals surface area contributed by atoms with Crippen LogP contribution in [0.4, 0.5) is 0 Å². The molecule has 0 atom stereocenters. The summed E-state index contributed by atoms with van der Waals surface area (Å²) in [5.74, 6) is 0. The molecule has 0 spiro atoms. The van der Waals surface area contributed by atoms with E-state index >= 15 is 0 Å². The molecule has 1 rings (SSSR count). The van der Waals surface area contributed by atoms with Crippen LogP contribution in [0.3, 0.4) is 0 Å². The average molecular weight is 181 g/mol. The lowest BCUT2D eigenvalue weighted by Gasteiger charge is -2.28. The summed E-state index contributed by atoms with van der Waals surface area (Å²) in [7, 11) is 0. The van der Waals surface area contributed by atoms with Crippen molar-refractivity contribution in [2.24, 2.45) is 10.8 Å². The highest BCUT2D eigenvalue weighted by molar-refractivity contribution is 5.27. The molecule has 0 aromatic heterocycles. The van der Waals surface area contributed by atoms with Gasteiger partial charge in [-0.3, -0.25) is 0 Å². The van der Waals surface area contributed by atoms with Gasteiger partial charge in [0.15, 0.2) is 0 Å². The fourth-order valence-electron chi connectivity index (χ4n) is 2.01. The topological polar surface area (TPSA) is 12.0 Å². The minimum Gasteiger partial charge on any atom is -0.388 e. The Morgan fingerprint density at radius 3 is 1.77 bits per heavy atom. The molecular weight excluding hydrogens is 158 g/mol. The molecule has 0 bridgehead atoms. The summed E-state index contributed by atoms with van der Waals surface area (Å²) in [5.41, 5.74) is 3.69. The second-order valence-electron chi connectivity index (χ2n) is 6.03. The minimum atomic E-state index is 0.277. The molecule has 13 heavy (non-hydrogen) atoms. The van der Waals surface area contributed by atoms with Crippen LogP contribution in [0.1, 0.15) is 48.0 Å². The SMILES string of the molecule is CC(C)(C)C1=C(C(C)(C)C)NCC1. The van der Waals surface area contributed by atoms with E-state index < -0.39 is 0 Å². The molecule has 0 aliphatic carbocycles. The Labute approximate surface area is 82.6 Å². The van der Waals surface area contributed by atoms with E-state index in [2.05, 4.69) is 46.9 Å². The smallest absolute Gasteiger partial charge is 0.0182 e. The summed E-state index contributed by atoms with van der Waals surface area (Å²) in [6.45, 7) is 14.9. The van der Waals surface area contributed by atoms with E-state index in [1.165, 1.54) is 12.1 Å². The first kappa shape index (κ1) is 10.6. The lowest BCUT2D eigenvalue weighted by molar-refractivity contribution is 0.437. The molecule has 0 amide bonds. The normalized spacial score (nSPS) is 19.2. The van der Waals surface area contributed by atoms with Crippen LogP contribution in [0.2, 0.25) is 0 Å². The Hall–Kier alpha value is -0.460. The zero-order chi connectivity index (χ0) is 10.3. The third-order valence-electron chi connectivity index (χ3n) is 2.63. The molecule has 0 aromatic rings. The maximum Gasteiger partial charge on any atom is 0.0182 e. The van der Waals surface area contributed by atoms with Gasteiger partial charge in [0.1, 0.15) is 0 Å². The zero-order valence-electron chi connectivity index (χ0n) is 9.91. The summed E-state index contributed by atoms with van der Waals surface area (Å²) in [6, 6.07) is 0. The van der Waals surface area contributed by atoms with Crippen molar-refractivity contribution in [2.45, 2.75) is 48.0 Å². The van der Waals surface area contributed by atoms with Gasteiger partial charge in [0.25, 0.3) is 0 Å². The van der Waals surface area contributed by atoms with Gasteiger partial charge >= 0.3 is 0 Å². The third kappa shape index (κ3) is 2.26. The van der Waals surface area contributed by atoms with Crippen molar-refractivity contribution in [3.63, 3.8) is 0 Å². The quantitative estimate of drug-likeness (QED) is 0.604. The zero-order valence-corrected chi connectivity index (χ0v) is 9.91. The summed E-state index contributed by atoms with van der Waals surface area (Å²) >= 11 is 0. The molecule has 0 saturated carbocycles. The highest BCUT2D eigenvalue weighted by Crippen LogP contribution is 2.39. The second-order valence-corrected chi connectivity index (χ2v) is 6.03. The lowest BCUT2D eigenvalue weighted by Crippen LogP contribution is -2.23. The summed E-state index contributed by atoms with van der Waals surface area (Å²) in [4.78, 5) is 0. The molecular formula is C12H23N. The van der Waals surface area contributed by atoms with Crippen molar-refractivity contribution in [1.82, 2.24) is 5.32 Å². The van der Waals surface area contributed by atoms with Gasteiger partial charge in [-0.1, -0.05) is 41.5 Å². The molecule has 1 aliphatic rings. The number of allylic oxidation sites excluding steroid dienone is 1. The van der Waals surface area contributed by atoms with E-state index in [9.17, 15) is 0 Å². The molecule has 76 valence electrons. The van der Waals surface area contributed by atoms with Crippen molar-refractivity contribution in [1.29, 1.82) is 0 Å². The Morgan fingerprint density at radius 1 is 0.923 bits per heavy atom. The van der Waals surface area contributed by atoms with Gasteiger partial charge in [-0.15, -0.1) is 0 Å². The maximum absolute atomic E-state index is 3.53. The van der Waals surface area contributed by atoms with Crippen LogP contribution in [0.15, 0.2) is 11.3 Å². The highest BCUT2D eigenvalue weighted by Gasteiger charge is 2.30. The number of hydrogen-bond donors (Lipinski definition) is 1. The summed E-state index contributed by atoms with van der Waals surface area (Å²) < 4.78 is 0. The molecule has 0 aromatic carbocycles. The molecule has 1 aliphatic heterocycles. The number of nitrogens with one attached hydrogen (secondary N) is 1. The van der Waals surface area contributed by atoms with Crippen molar-refractivity contribution >= 4 is 0 Å². The second kappa shape index (κ2) is 3.04. The monoisotopic (exact) mass is 181 g/mol. The van der Waals surface area contributed by atoms with Gasteiger partial charge in [-0.25, -0.2) is 0 Å². The molecule has 1 heterocycles. The molecule has 1 nitrogen and oxygen atoms in total. The van der Waals surface area contributed by atoms with Crippen LogP contribution in [-0.4, -0.2) is 6.54 Å². The average Bonchev–Trinajstić information content (AvgIpc) is 2.27. The Morgan fingerprint density at radius 2 is 1.46 bits per heavy atom. The lowest BCUT2D eigenvalue weighted by atomic mass is 9.79. The molecule has 1 N–H and O–H groups in total. The predicted molar refractivity (Wildman–Crippen MR) is 58.6 cm³/mol. The van der Waals surface area contributed by atoms with Crippen LogP contribution in [0, 0.1) is 10.8 Å². The molecule has 0 unspecified atom stereocenters. The van der Waals surface area contributed by atoms with E-state index in [-0.39, 0.29) is 5.41 Å². The minimum absolute atomic E-state index is 0.277. The van der Waals surface area contributed by atoms with E-state index in [1.54, 1.807) is 5.57 Å². The van der Waals surface area contributed by atoms with Crippen molar-refractivity contribution < 1.29 is 0 Å². The summed E-state index contributed by atoms with van der Waals surface area (Å²) in [5, 5.41) is 3.53. The largest absolute Gasteiger partial charge is 0.388 e. The van der Waals surface area contributed by atoms with Gasteiger partial charge in [0.2, 0.25) is 0 Å². The van der Waals surface area contributed by atoms with Gasteiger partial charge in [0.05, 0.1) is 0 Å². The highest BCUT2D eigenvalue weighted by atomic mass is 14.9. The van der Waals surface area contributed by atoms with Gasteiger partial charge in [0, 0.05) is 17.7 Å². The van der Waals surface area contributed by atoms with Crippen molar-refractivity contribution in [3.05, 3.63) is 11.3 Å². The van der Waals surface area contributed by atoms with Crippen LogP contribution in [0.25, 0.3) is 0 Å². The Balaban J connectivity index is 3.04. The van der Waals surface area contributed by atoms with Crippen molar-refractivity contribution in [2.75, 3.05) is 6.54 Å². The van der Waals surface area contributed by atoms with Crippen LogP contribution in [0.5, 0.6) is 0 Å². The fourth-order valence-corrected chi connectivity index (χ4v) is 2.01. The fraction of sp³-hybridized carbons (Fsp3) is 0.833. The number of rotatable bonds is 0.